The second kappa shape index (κ2) is 6.12. The zero-order chi connectivity index (χ0) is 12.8. The van der Waals surface area contributed by atoms with E-state index in [4.69, 9.17) is 4.74 Å². The van der Waals surface area contributed by atoms with Crippen molar-refractivity contribution in [2.24, 2.45) is 0 Å². The molecule has 0 unspecified atom stereocenters. The van der Waals surface area contributed by atoms with Crippen molar-refractivity contribution in [2.45, 2.75) is 6.61 Å². The summed E-state index contributed by atoms with van der Waals surface area (Å²) in [5.41, 5.74) is 2.27. The number of halogens is 1. The molecule has 0 atom stereocenters. The first-order chi connectivity index (χ1) is 8.77. The lowest BCUT2D eigenvalue weighted by molar-refractivity contribution is 0.153. The van der Waals surface area contributed by atoms with Crippen molar-refractivity contribution >= 4 is 5.57 Å². The van der Waals surface area contributed by atoms with Gasteiger partial charge in [0.1, 0.15) is 5.82 Å². The summed E-state index contributed by atoms with van der Waals surface area (Å²) < 4.78 is 19.0. The van der Waals surface area contributed by atoms with Gasteiger partial charge in [0.25, 0.3) is 0 Å². The van der Waals surface area contributed by atoms with Gasteiger partial charge < -0.3 is 4.74 Å². The lowest BCUT2D eigenvalue weighted by Crippen LogP contribution is -1.99. The summed E-state index contributed by atoms with van der Waals surface area (Å²) in [4.78, 5) is 0. The van der Waals surface area contributed by atoms with Gasteiger partial charge in [-0.3, -0.25) is 0 Å². The van der Waals surface area contributed by atoms with Crippen LogP contribution in [0.1, 0.15) is 11.1 Å². The second-order valence-corrected chi connectivity index (χ2v) is 4.06. The quantitative estimate of drug-likeness (QED) is 0.768. The van der Waals surface area contributed by atoms with E-state index in [0.717, 1.165) is 5.56 Å². The maximum absolute atomic E-state index is 13.5. The molecular formula is C16H15FO. The van der Waals surface area contributed by atoms with Gasteiger partial charge in [0, 0.05) is 5.56 Å². The molecule has 0 fully saturated rings. The smallest absolute Gasteiger partial charge is 0.130 e. The summed E-state index contributed by atoms with van der Waals surface area (Å²) >= 11 is 0. The monoisotopic (exact) mass is 242 g/mol. The minimum absolute atomic E-state index is 0.259. The standard InChI is InChI=1S/C16H15FO/c1-13(15-9-5-6-10-16(15)17)11-18-12-14-7-3-2-4-8-14/h2-10H,1,11-12H2. The molecule has 1 nitrogen and oxygen atoms in total. The highest BCUT2D eigenvalue weighted by molar-refractivity contribution is 5.64. The first kappa shape index (κ1) is 12.5. The Morgan fingerprint density at radius 2 is 1.67 bits per heavy atom. The van der Waals surface area contributed by atoms with Crippen LogP contribution in [0, 0.1) is 5.82 Å². The molecule has 92 valence electrons. The lowest BCUT2D eigenvalue weighted by Gasteiger charge is -2.08. The van der Waals surface area contributed by atoms with Gasteiger partial charge in [-0.15, -0.1) is 0 Å². The minimum atomic E-state index is -0.259. The van der Waals surface area contributed by atoms with Gasteiger partial charge in [-0.25, -0.2) is 4.39 Å². The van der Waals surface area contributed by atoms with Gasteiger partial charge in [0.15, 0.2) is 0 Å². The first-order valence-electron chi connectivity index (χ1n) is 5.82. The van der Waals surface area contributed by atoms with Crippen molar-refractivity contribution in [3.05, 3.63) is 78.1 Å². The van der Waals surface area contributed by atoms with Crippen LogP contribution < -0.4 is 0 Å². The van der Waals surface area contributed by atoms with Gasteiger partial charge in [-0.1, -0.05) is 55.1 Å². The zero-order valence-electron chi connectivity index (χ0n) is 10.1. The molecule has 18 heavy (non-hydrogen) atoms. The molecule has 0 bridgehead atoms. The Morgan fingerprint density at radius 3 is 2.39 bits per heavy atom. The molecule has 0 heterocycles. The second-order valence-electron chi connectivity index (χ2n) is 4.06. The third kappa shape index (κ3) is 3.28. The lowest BCUT2D eigenvalue weighted by atomic mass is 10.1. The van der Waals surface area contributed by atoms with E-state index < -0.39 is 0 Å². The van der Waals surface area contributed by atoms with Gasteiger partial charge in [0.2, 0.25) is 0 Å². The molecule has 0 saturated heterocycles. The third-order valence-electron chi connectivity index (χ3n) is 2.64. The molecule has 0 aromatic heterocycles. The van der Waals surface area contributed by atoms with Crippen LogP contribution in [0.25, 0.3) is 5.57 Å². The van der Waals surface area contributed by atoms with Crippen molar-refractivity contribution < 1.29 is 9.13 Å². The molecule has 2 heteroatoms. The van der Waals surface area contributed by atoms with Crippen LogP contribution in [0.4, 0.5) is 4.39 Å². The Balaban J connectivity index is 1.88. The highest BCUT2D eigenvalue weighted by atomic mass is 19.1. The van der Waals surface area contributed by atoms with Crippen LogP contribution in [0.2, 0.25) is 0 Å². The molecule has 0 amide bonds. The zero-order valence-corrected chi connectivity index (χ0v) is 10.1. The maximum Gasteiger partial charge on any atom is 0.130 e. The first-order valence-corrected chi connectivity index (χ1v) is 5.82. The normalized spacial score (nSPS) is 10.3. The van der Waals surface area contributed by atoms with E-state index in [1.54, 1.807) is 18.2 Å². The van der Waals surface area contributed by atoms with Gasteiger partial charge in [-0.05, 0) is 17.2 Å². The van der Waals surface area contributed by atoms with Crippen LogP contribution in [-0.2, 0) is 11.3 Å². The average Bonchev–Trinajstić information content (AvgIpc) is 2.40. The summed E-state index contributed by atoms with van der Waals surface area (Å²) in [7, 11) is 0. The number of rotatable bonds is 5. The molecule has 0 radical (unpaired) electrons. The fourth-order valence-corrected chi connectivity index (χ4v) is 1.69. The molecule has 0 aliphatic carbocycles. The Labute approximate surface area is 107 Å². The topological polar surface area (TPSA) is 9.23 Å². The number of hydrogen-bond donors (Lipinski definition) is 0. The van der Waals surface area contributed by atoms with E-state index in [1.165, 1.54) is 6.07 Å². The Morgan fingerprint density at radius 1 is 1.00 bits per heavy atom. The summed E-state index contributed by atoms with van der Waals surface area (Å²) in [5, 5.41) is 0. The summed E-state index contributed by atoms with van der Waals surface area (Å²) in [6.45, 7) is 4.69. The number of ether oxygens (including phenoxy) is 1. The van der Waals surface area contributed by atoms with Gasteiger partial charge in [0.05, 0.1) is 13.2 Å². The van der Waals surface area contributed by atoms with E-state index >= 15 is 0 Å². The Hall–Kier alpha value is -1.93. The van der Waals surface area contributed by atoms with Crippen LogP contribution in [0.15, 0.2) is 61.2 Å². The molecule has 0 N–H and O–H groups in total. The van der Waals surface area contributed by atoms with Crippen molar-refractivity contribution in [1.82, 2.24) is 0 Å². The highest BCUT2D eigenvalue weighted by Crippen LogP contribution is 2.16. The summed E-state index contributed by atoms with van der Waals surface area (Å²) in [5.74, 6) is -0.259. The van der Waals surface area contributed by atoms with Crippen molar-refractivity contribution in [3.63, 3.8) is 0 Å². The van der Waals surface area contributed by atoms with E-state index in [-0.39, 0.29) is 5.82 Å². The van der Waals surface area contributed by atoms with Crippen molar-refractivity contribution in [2.75, 3.05) is 6.61 Å². The van der Waals surface area contributed by atoms with Gasteiger partial charge >= 0.3 is 0 Å². The van der Waals surface area contributed by atoms with Crippen LogP contribution in [0.5, 0.6) is 0 Å². The highest BCUT2D eigenvalue weighted by Gasteiger charge is 2.04. The molecule has 0 saturated carbocycles. The maximum atomic E-state index is 13.5. The molecule has 0 aliphatic rings. The van der Waals surface area contributed by atoms with E-state index in [2.05, 4.69) is 6.58 Å². The number of benzene rings is 2. The van der Waals surface area contributed by atoms with Crippen LogP contribution in [-0.4, -0.2) is 6.61 Å². The predicted molar refractivity (Wildman–Crippen MR) is 71.5 cm³/mol. The summed E-state index contributed by atoms with van der Waals surface area (Å²) in [6.07, 6.45) is 0. The predicted octanol–water partition coefficient (Wildman–Crippen LogP) is 4.06. The molecule has 0 spiro atoms. The average molecular weight is 242 g/mol. The fourth-order valence-electron chi connectivity index (χ4n) is 1.69. The molecule has 0 aliphatic heterocycles. The van der Waals surface area contributed by atoms with Crippen molar-refractivity contribution in [3.8, 4) is 0 Å². The molecule has 2 rings (SSSR count). The largest absolute Gasteiger partial charge is 0.372 e. The Kier molecular flexibility index (Phi) is 4.26. The molecular weight excluding hydrogens is 227 g/mol. The van der Waals surface area contributed by atoms with Crippen molar-refractivity contribution in [1.29, 1.82) is 0 Å². The molecule has 2 aromatic carbocycles. The SMILES string of the molecule is C=C(COCc1ccccc1)c1ccccc1F. The number of hydrogen-bond acceptors (Lipinski definition) is 1. The molecule has 2 aromatic rings. The van der Waals surface area contributed by atoms with Gasteiger partial charge in [-0.2, -0.15) is 0 Å². The van der Waals surface area contributed by atoms with Crippen LogP contribution >= 0.6 is 0 Å². The Bertz CT molecular complexity index is 520. The van der Waals surface area contributed by atoms with E-state index in [1.807, 2.05) is 30.3 Å². The minimum Gasteiger partial charge on any atom is -0.372 e. The third-order valence-corrected chi connectivity index (χ3v) is 2.64. The van der Waals surface area contributed by atoms with E-state index in [0.29, 0.717) is 24.4 Å². The van der Waals surface area contributed by atoms with Crippen LogP contribution in [0.3, 0.4) is 0 Å². The van der Waals surface area contributed by atoms with E-state index in [9.17, 15) is 4.39 Å². The fraction of sp³-hybridized carbons (Fsp3) is 0.125. The summed E-state index contributed by atoms with van der Waals surface area (Å²) in [6, 6.07) is 16.5.